The standard InChI is InChI=1S/C13H14O3/c1-6(2)9-7-4-3-5-8(9)11-10(7)12(14)16-13(11)15/h3-4,7-8,10-11H,5H2,1-2H3. The third-order valence-electron chi connectivity index (χ3n) is 4.02. The van der Waals surface area contributed by atoms with Gasteiger partial charge < -0.3 is 4.74 Å². The topological polar surface area (TPSA) is 43.4 Å². The van der Waals surface area contributed by atoms with Gasteiger partial charge in [0.05, 0.1) is 11.8 Å². The van der Waals surface area contributed by atoms with Crippen LogP contribution < -0.4 is 0 Å². The molecule has 3 rings (SSSR count). The van der Waals surface area contributed by atoms with E-state index in [-0.39, 0.29) is 35.6 Å². The van der Waals surface area contributed by atoms with Crippen LogP contribution in [0.25, 0.3) is 0 Å². The fourth-order valence-electron chi connectivity index (χ4n) is 3.52. The molecule has 0 spiro atoms. The van der Waals surface area contributed by atoms with Crippen molar-refractivity contribution in [3.63, 3.8) is 0 Å². The highest BCUT2D eigenvalue weighted by Gasteiger charge is 2.59. The summed E-state index contributed by atoms with van der Waals surface area (Å²) in [6.45, 7) is 4.12. The number of allylic oxidation sites excluding steroid dienone is 4. The summed E-state index contributed by atoms with van der Waals surface area (Å²) in [6.07, 6.45) is 5.03. The van der Waals surface area contributed by atoms with Crippen LogP contribution in [0.2, 0.25) is 0 Å². The molecule has 84 valence electrons. The first kappa shape index (κ1) is 9.82. The molecular weight excluding hydrogens is 204 g/mol. The summed E-state index contributed by atoms with van der Waals surface area (Å²) in [4.78, 5) is 23.4. The largest absolute Gasteiger partial charge is 0.393 e. The van der Waals surface area contributed by atoms with Gasteiger partial charge in [0.25, 0.3) is 0 Å². The lowest BCUT2D eigenvalue weighted by Crippen LogP contribution is -2.18. The van der Waals surface area contributed by atoms with Gasteiger partial charge in [0.15, 0.2) is 0 Å². The zero-order chi connectivity index (χ0) is 11.4. The quantitative estimate of drug-likeness (QED) is 0.354. The number of carbonyl (C=O) groups excluding carboxylic acids is 2. The molecule has 3 nitrogen and oxygen atoms in total. The van der Waals surface area contributed by atoms with Crippen LogP contribution in [-0.4, -0.2) is 11.9 Å². The monoisotopic (exact) mass is 218 g/mol. The Labute approximate surface area is 94.2 Å². The molecule has 2 bridgehead atoms. The number of carbonyl (C=O) groups is 2. The summed E-state index contributed by atoms with van der Waals surface area (Å²) in [5.74, 6) is -0.812. The van der Waals surface area contributed by atoms with Gasteiger partial charge in [0.2, 0.25) is 0 Å². The van der Waals surface area contributed by atoms with E-state index >= 15 is 0 Å². The molecular formula is C13H14O3. The molecule has 0 amide bonds. The maximum Gasteiger partial charge on any atom is 0.318 e. The van der Waals surface area contributed by atoms with Crippen molar-refractivity contribution in [2.24, 2.45) is 23.7 Å². The average molecular weight is 218 g/mol. The fourth-order valence-corrected chi connectivity index (χ4v) is 3.52. The van der Waals surface area contributed by atoms with Crippen LogP contribution in [0.4, 0.5) is 0 Å². The summed E-state index contributed by atoms with van der Waals surface area (Å²) in [5, 5.41) is 0. The molecule has 1 saturated carbocycles. The Kier molecular flexibility index (Phi) is 1.88. The second kappa shape index (κ2) is 3.06. The lowest BCUT2D eigenvalue weighted by atomic mass is 9.84. The lowest BCUT2D eigenvalue weighted by molar-refractivity contribution is -0.154. The molecule has 3 heteroatoms. The maximum absolute atomic E-state index is 11.7. The third kappa shape index (κ3) is 1.03. The van der Waals surface area contributed by atoms with E-state index in [0.29, 0.717) is 0 Å². The van der Waals surface area contributed by atoms with Gasteiger partial charge in [-0.1, -0.05) is 23.3 Å². The molecule has 4 atom stereocenters. The minimum atomic E-state index is -0.326. The molecule has 1 heterocycles. The van der Waals surface area contributed by atoms with Crippen molar-refractivity contribution in [2.75, 3.05) is 0 Å². The minimum absolute atomic E-state index is 0.104. The fraction of sp³-hybridized carbons (Fsp3) is 0.538. The van der Waals surface area contributed by atoms with E-state index in [1.807, 2.05) is 0 Å². The Morgan fingerprint density at radius 3 is 2.62 bits per heavy atom. The SMILES string of the molecule is CC(C)=C1C2C=CCC1C1C(=O)OC(=O)C21. The second-order valence-corrected chi connectivity index (χ2v) is 5.04. The minimum Gasteiger partial charge on any atom is -0.393 e. The van der Waals surface area contributed by atoms with Gasteiger partial charge in [0.1, 0.15) is 0 Å². The van der Waals surface area contributed by atoms with E-state index in [2.05, 4.69) is 26.0 Å². The Hall–Kier alpha value is -1.38. The number of esters is 2. The number of cyclic esters (lactones) is 2. The summed E-state index contributed by atoms with van der Waals surface area (Å²) >= 11 is 0. The first-order valence-corrected chi connectivity index (χ1v) is 5.70. The predicted molar refractivity (Wildman–Crippen MR) is 57.2 cm³/mol. The van der Waals surface area contributed by atoms with Gasteiger partial charge in [-0.3, -0.25) is 9.59 Å². The molecule has 0 N–H and O–H groups in total. The lowest BCUT2D eigenvalue weighted by Gasteiger charge is -2.22. The van der Waals surface area contributed by atoms with Crippen LogP contribution in [-0.2, 0) is 14.3 Å². The van der Waals surface area contributed by atoms with E-state index in [9.17, 15) is 9.59 Å². The van der Waals surface area contributed by atoms with Gasteiger partial charge in [-0.05, 0) is 26.2 Å². The van der Waals surface area contributed by atoms with Crippen LogP contribution in [0, 0.1) is 23.7 Å². The van der Waals surface area contributed by atoms with Crippen molar-refractivity contribution < 1.29 is 14.3 Å². The Balaban J connectivity index is 2.15. The van der Waals surface area contributed by atoms with Crippen LogP contribution in [0.5, 0.6) is 0 Å². The Morgan fingerprint density at radius 1 is 1.25 bits per heavy atom. The van der Waals surface area contributed by atoms with E-state index < -0.39 is 0 Å². The van der Waals surface area contributed by atoms with Gasteiger partial charge in [-0.2, -0.15) is 0 Å². The summed E-state index contributed by atoms with van der Waals surface area (Å²) < 4.78 is 4.76. The number of fused-ring (bicyclic) bond motifs is 5. The molecule has 16 heavy (non-hydrogen) atoms. The molecule has 4 unspecified atom stereocenters. The highest BCUT2D eigenvalue weighted by Crippen LogP contribution is 2.55. The van der Waals surface area contributed by atoms with Crippen molar-refractivity contribution in [1.82, 2.24) is 0 Å². The van der Waals surface area contributed by atoms with Crippen molar-refractivity contribution in [3.8, 4) is 0 Å². The van der Waals surface area contributed by atoms with Crippen molar-refractivity contribution in [1.29, 1.82) is 0 Å². The van der Waals surface area contributed by atoms with Gasteiger partial charge in [0, 0.05) is 5.92 Å². The van der Waals surface area contributed by atoms with Crippen LogP contribution in [0.15, 0.2) is 23.3 Å². The first-order valence-electron chi connectivity index (χ1n) is 5.70. The van der Waals surface area contributed by atoms with Gasteiger partial charge >= 0.3 is 11.9 Å². The smallest absolute Gasteiger partial charge is 0.318 e. The van der Waals surface area contributed by atoms with Gasteiger partial charge in [-0.25, -0.2) is 0 Å². The highest BCUT2D eigenvalue weighted by atomic mass is 16.6. The van der Waals surface area contributed by atoms with Gasteiger partial charge in [-0.15, -0.1) is 0 Å². The van der Waals surface area contributed by atoms with E-state index in [1.165, 1.54) is 11.1 Å². The van der Waals surface area contributed by atoms with Crippen molar-refractivity contribution in [3.05, 3.63) is 23.3 Å². The number of rotatable bonds is 0. The van der Waals surface area contributed by atoms with E-state index in [4.69, 9.17) is 4.74 Å². The van der Waals surface area contributed by atoms with Crippen LogP contribution >= 0.6 is 0 Å². The molecule has 0 aromatic heterocycles. The zero-order valence-corrected chi connectivity index (χ0v) is 9.40. The summed E-state index contributed by atoms with van der Waals surface area (Å²) in [5.41, 5.74) is 2.54. The first-order chi connectivity index (χ1) is 7.61. The summed E-state index contributed by atoms with van der Waals surface area (Å²) in [6, 6.07) is 0. The molecule has 3 aliphatic rings. The highest BCUT2D eigenvalue weighted by molar-refractivity contribution is 5.98. The third-order valence-corrected chi connectivity index (χ3v) is 4.02. The van der Waals surface area contributed by atoms with Crippen LogP contribution in [0.3, 0.4) is 0 Å². The predicted octanol–water partition coefficient (Wildman–Crippen LogP) is 1.84. The van der Waals surface area contributed by atoms with E-state index in [1.54, 1.807) is 0 Å². The Bertz CT molecular complexity index is 440. The maximum atomic E-state index is 11.7. The molecule has 1 saturated heterocycles. The second-order valence-electron chi connectivity index (χ2n) is 5.04. The van der Waals surface area contributed by atoms with Crippen molar-refractivity contribution in [2.45, 2.75) is 20.3 Å². The summed E-state index contributed by atoms with van der Waals surface area (Å²) in [7, 11) is 0. The number of hydrogen-bond donors (Lipinski definition) is 0. The molecule has 2 fully saturated rings. The zero-order valence-electron chi connectivity index (χ0n) is 9.40. The normalized spacial score (nSPS) is 40.0. The molecule has 1 aliphatic heterocycles. The van der Waals surface area contributed by atoms with E-state index in [0.717, 1.165) is 6.42 Å². The molecule has 0 aromatic rings. The van der Waals surface area contributed by atoms with Crippen molar-refractivity contribution >= 4 is 11.9 Å². The molecule has 0 radical (unpaired) electrons. The number of hydrogen-bond acceptors (Lipinski definition) is 3. The number of ether oxygens (including phenoxy) is 1. The Morgan fingerprint density at radius 2 is 1.94 bits per heavy atom. The molecule has 0 aromatic carbocycles. The average Bonchev–Trinajstić information content (AvgIpc) is 2.61. The van der Waals surface area contributed by atoms with Crippen LogP contribution in [0.1, 0.15) is 20.3 Å². The molecule has 2 aliphatic carbocycles.